The molecule has 0 spiro atoms. The second kappa shape index (κ2) is 5.50. The van der Waals surface area contributed by atoms with Crippen LogP contribution in [-0.4, -0.2) is 18.8 Å². The Kier molecular flexibility index (Phi) is 4.14. The third-order valence-corrected chi connectivity index (χ3v) is 7.66. The highest BCUT2D eigenvalue weighted by molar-refractivity contribution is 6.83. The molecule has 3 rings (SSSR count). The van der Waals surface area contributed by atoms with Crippen LogP contribution in [-0.2, 0) is 0 Å². The van der Waals surface area contributed by atoms with Crippen LogP contribution in [0.1, 0.15) is 52.9 Å². The van der Waals surface area contributed by atoms with Gasteiger partial charge in [-0.3, -0.25) is 0 Å². The molecule has 128 valence electrons. The second-order valence-electron chi connectivity index (χ2n) is 9.98. The molecule has 2 fully saturated rings. The molecule has 0 heterocycles. The predicted octanol–water partition coefficient (Wildman–Crippen LogP) is 5.03. The van der Waals surface area contributed by atoms with Gasteiger partial charge in [0.2, 0.25) is 0 Å². The maximum Gasteiger partial charge on any atom is 0.129 e. The first kappa shape index (κ1) is 17.3. The van der Waals surface area contributed by atoms with Crippen molar-refractivity contribution in [2.45, 2.75) is 78.1 Å². The van der Waals surface area contributed by atoms with Crippen molar-refractivity contribution < 1.29 is 5.11 Å². The Morgan fingerprint density at radius 2 is 2.00 bits per heavy atom. The molecule has 0 amide bonds. The van der Waals surface area contributed by atoms with Crippen molar-refractivity contribution in [2.24, 2.45) is 29.1 Å². The molecule has 0 aromatic carbocycles. The van der Waals surface area contributed by atoms with E-state index in [1.54, 1.807) is 0 Å². The highest BCUT2D eigenvalue weighted by atomic mass is 28.3. The van der Waals surface area contributed by atoms with Crippen LogP contribution in [0.5, 0.6) is 0 Å². The molecule has 0 aromatic rings. The molecule has 2 heteroatoms. The van der Waals surface area contributed by atoms with Gasteiger partial charge in [0.25, 0.3) is 0 Å². The zero-order valence-corrected chi connectivity index (χ0v) is 16.9. The molecule has 1 nitrogen and oxygen atoms in total. The summed E-state index contributed by atoms with van der Waals surface area (Å²) in [6, 6.07) is 0. The minimum atomic E-state index is -1.31. The Bertz CT molecular complexity index is 571. The summed E-state index contributed by atoms with van der Waals surface area (Å²) < 4.78 is 0. The molecule has 0 aromatic heterocycles. The summed E-state index contributed by atoms with van der Waals surface area (Å²) in [7, 11) is -1.31. The SMILES string of the molecule is C[C@@H]1C[C@H]2[C@@H](C=C1[C@@]1(O)CCC[C@@H]1CC#C[Si](C)(C)C)C2(C)C. The van der Waals surface area contributed by atoms with Gasteiger partial charge in [-0.1, -0.05) is 46.5 Å². The van der Waals surface area contributed by atoms with Crippen molar-refractivity contribution in [3.63, 3.8) is 0 Å². The number of aliphatic hydroxyl groups is 1. The summed E-state index contributed by atoms with van der Waals surface area (Å²) in [5.41, 5.74) is 4.74. The largest absolute Gasteiger partial charge is 0.385 e. The number of hydrogen-bond donors (Lipinski definition) is 1. The van der Waals surface area contributed by atoms with Crippen LogP contribution in [0.4, 0.5) is 0 Å². The Balaban J connectivity index is 1.80. The van der Waals surface area contributed by atoms with E-state index < -0.39 is 13.7 Å². The van der Waals surface area contributed by atoms with Crippen molar-refractivity contribution in [1.82, 2.24) is 0 Å². The monoisotopic (exact) mass is 330 g/mol. The smallest absolute Gasteiger partial charge is 0.129 e. The van der Waals surface area contributed by atoms with Gasteiger partial charge in [-0.25, -0.2) is 0 Å². The van der Waals surface area contributed by atoms with Gasteiger partial charge in [0.05, 0.1) is 5.60 Å². The maximum absolute atomic E-state index is 11.6. The lowest BCUT2D eigenvalue weighted by molar-refractivity contribution is 0.0292. The molecule has 2 saturated carbocycles. The molecular formula is C21H34OSi. The van der Waals surface area contributed by atoms with Crippen LogP contribution in [0.2, 0.25) is 19.6 Å². The lowest BCUT2D eigenvalue weighted by Gasteiger charge is -2.37. The summed E-state index contributed by atoms with van der Waals surface area (Å²) in [5, 5.41) is 11.6. The third-order valence-electron chi connectivity index (χ3n) is 6.73. The Morgan fingerprint density at radius 1 is 1.30 bits per heavy atom. The normalized spacial score (nSPS) is 41.6. The van der Waals surface area contributed by atoms with E-state index in [2.05, 4.69) is 58.0 Å². The maximum atomic E-state index is 11.6. The molecule has 0 bridgehead atoms. The number of allylic oxidation sites excluding steroid dienone is 1. The van der Waals surface area contributed by atoms with E-state index >= 15 is 0 Å². The zero-order chi connectivity index (χ0) is 17.0. The molecule has 3 aliphatic carbocycles. The summed E-state index contributed by atoms with van der Waals surface area (Å²) in [6.07, 6.45) is 7.85. The Labute approximate surface area is 144 Å². The molecule has 0 radical (unpaired) electrons. The van der Waals surface area contributed by atoms with Gasteiger partial charge in [-0.05, 0) is 54.4 Å². The van der Waals surface area contributed by atoms with Crippen molar-refractivity contribution in [2.75, 3.05) is 0 Å². The van der Waals surface area contributed by atoms with Crippen LogP contribution >= 0.6 is 0 Å². The number of fused-ring (bicyclic) bond motifs is 1. The summed E-state index contributed by atoms with van der Waals surface area (Å²) in [6.45, 7) is 14.0. The van der Waals surface area contributed by atoms with E-state index in [0.717, 1.165) is 31.6 Å². The van der Waals surface area contributed by atoms with Crippen molar-refractivity contribution in [3.05, 3.63) is 11.6 Å². The average molecular weight is 331 g/mol. The zero-order valence-electron chi connectivity index (χ0n) is 15.9. The number of rotatable bonds is 2. The van der Waals surface area contributed by atoms with Gasteiger partial charge < -0.3 is 5.11 Å². The van der Waals surface area contributed by atoms with E-state index in [-0.39, 0.29) is 0 Å². The first-order valence-electron chi connectivity index (χ1n) is 9.50. The van der Waals surface area contributed by atoms with E-state index in [4.69, 9.17) is 0 Å². The highest BCUT2D eigenvalue weighted by Gasteiger charge is 2.60. The molecule has 0 aliphatic heterocycles. The summed E-state index contributed by atoms with van der Waals surface area (Å²) in [5.74, 6) is 5.87. The molecule has 0 saturated heterocycles. The van der Waals surface area contributed by atoms with Gasteiger partial charge >= 0.3 is 0 Å². The van der Waals surface area contributed by atoms with Crippen LogP contribution in [0.3, 0.4) is 0 Å². The fourth-order valence-electron chi connectivity index (χ4n) is 5.16. The van der Waals surface area contributed by atoms with Gasteiger partial charge in [0, 0.05) is 12.3 Å². The Morgan fingerprint density at radius 3 is 2.65 bits per heavy atom. The summed E-state index contributed by atoms with van der Waals surface area (Å²) in [4.78, 5) is 0. The minimum Gasteiger partial charge on any atom is -0.385 e. The minimum absolute atomic E-state index is 0.346. The first-order chi connectivity index (χ1) is 10.6. The standard InChI is InChI=1S/C21H34OSi/c1-15-13-18-19(20(18,2)3)14-17(15)21(22)11-7-9-16(21)10-8-12-23(4,5)6/h14-16,18-19,22H,7,9-11,13H2,1-6H3/t15-,16-,18+,19-,21-/m1/s1. The van der Waals surface area contributed by atoms with Crippen molar-refractivity contribution in [1.29, 1.82) is 0 Å². The molecule has 3 aliphatic rings. The third kappa shape index (κ3) is 3.07. The lowest BCUT2D eigenvalue weighted by Crippen LogP contribution is -2.39. The highest BCUT2D eigenvalue weighted by Crippen LogP contribution is 2.66. The molecule has 5 atom stereocenters. The summed E-state index contributed by atoms with van der Waals surface area (Å²) >= 11 is 0. The lowest BCUT2D eigenvalue weighted by atomic mass is 9.73. The van der Waals surface area contributed by atoms with Gasteiger partial charge in [0.1, 0.15) is 8.07 Å². The molecular weight excluding hydrogens is 296 g/mol. The van der Waals surface area contributed by atoms with Crippen molar-refractivity contribution in [3.8, 4) is 11.5 Å². The first-order valence-corrected chi connectivity index (χ1v) is 13.0. The van der Waals surface area contributed by atoms with E-state index in [1.165, 1.54) is 12.0 Å². The van der Waals surface area contributed by atoms with E-state index in [1.807, 2.05) is 0 Å². The van der Waals surface area contributed by atoms with Gasteiger partial charge in [0.15, 0.2) is 0 Å². The van der Waals surface area contributed by atoms with Crippen molar-refractivity contribution >= 4 is 8.07 Å². The molecule has 23 heavy (non-hydrogen) atoms. The second-order valence-corrected chi connectivity index (χ2v) is 14.7. The Hall–Kier alpha value is -0.523. The fraction of sp³-hybridized carbons (Fsp3) is 0.810. The van der Waals surface area contributed by atoms with Crippen LogP contribution in [0.25, 0.3) is 0 Å². The fourth-order valence-corrected chi connectivity index (χ4v) is 5.79. The molecule has 1 N–H and O–H groups in total. The predicted molar refractivity (Wildman–Crippen MR) is 101 cm³/mol. The average Bonchev–Trinajstić information content (AvgIpc) is 2.76. The van der Waals surface area contributed by atoms with Gasteiger partial charge in [-0.15, -0.1) is 11.5 Å². The van der Waals surface area contributed by atoms with E-state index in [9.17, 15) is 5.11 Å². The van der Waals surface area contributed by atoms with Crippen LogP contribution in [0.15, 0.2) is 11.6 Å². The number of hydrogen-bond acceptors (Lipinski definition) is 1. The van der Waals surface area contributed by atoms with Crippen LogP contribution in [0, 0.1) is 40.6 Å². The van der Waals surface area contributed by atoms with E-state index in [0.29, 0.717) is 23.2 Å². The quantitative estimate of drug-likeness (QED) is 0.428. The topological polar surface area (TPSA) is 20.2 Å². The van der Waals surface area contributed by atoms with Gasteiger partial charge in [-0.2, -0.15) is 0 Å². The molecule has 0 unspecified atom stereocenters. The van der Waals surface area contributed by atoms with Crippen LogP contribution < -0.4 is 0 Å².